The lowest BCUT2D eigenvalue weighted by atomic mass is 9.78. The number of hydrogen-bond acceptors (Lipinski definition) is 4. The number of aryl methyl sites for hydroxylation is 1. The maximum absolute atomic E-state index is 12.9. The first-order valence-electron chi connectivity index (χ1n) is 8.55. The molecule has 2 atom stereocenters. The average molecular weight is 320 g/mol. The van der Waals surface area contributed by atoms with Gasteiger partial charge in [-0.2, -0.15) is 0 Å². The molecule has 5 nitrogen and oxygen atoms in total. The van der Waals surface area contributed by atoms with Gasteiger partial charge in [-0.05, 0) is 52.0 Å². The Morgan fingerprint density at radius 1 is 1.43 bits per heavy atom. The van der Waals surface area contributed by atoms with E-state index in [1.54, 1.807) is 6.20 Å². The van der Waals surface area contributed by atoms with Crippen molar-refractivity contribution in [1.82, 2.24) is 4.98 Å². The third-order valence-electron chi connectivity index (χ3n) is 4.36. The first kappa shape index (κ1) is 17.7. The standard InChI is InChI=1S/C18H28N2O3/c1-5-22-16-14(4)10-15(12-19-16)20-17(21)18(23-6-2)9-7-8-13(3)11-18/h10,12-13H,5-9,11H2,1-4H3,(H,20,21)/t13-,18+/m1/s1. The van der Waals surface area contributed by atoms with Gasteiger partial charge >= 0.3 is 0 Å². The number of pyridine rings is 1. The largest absolute Gasteiger partial charge is 0.478 e. The molecule has 1 saturated carbocycles. The molecule has 1 aromatic rings. The van der Waals surface area contributed by atoms with Gasteiger partial charge in [0.1, 0.15) is 5.60 Å². The predicted molar refractivity (Wildman–Crippen MR) is 90.8 cm³/mol. The molecule has 23 heavy (non-hydrogen) atoms. The molecule has 0 bridgehead atoms. The van der Waals surface area contributed by atoms with E-state index in [9.17, 15) is 4.79 Å². The summed E-state index contributed by atoms with van der Waals surface area (Å²) in [5.74, 6) is 1.05. The Kier molecular flexibility index (Phi) is 5.99. The highest BCUT2D eigenvalue weighted by Crippen LogP contribution is 2.36. The van der Waals surface area contributed by atoms with E-state index in [0.717, 1.165) is 31.2 Å². The third-order valence-corrected chi connectivity index (χ3v) is 4.36. The SMILES string of the molecule is CCOc1ncc(NC(=O)[C@]2(OCC)CCC[C@@H](C)C2)cc1C. The highest BCUT2D eigenvalue weighted by molar-refractivity contribution is 5.97. The zero-order valence-electron chi connectivity index (χ0n) is 14.6. The van der Waals surface area contributed by atoms with Gasteiger partial charge < -0.3 is 14.8 Å². The van der Waals surface area contributed by atoms with Gasteiger partial charge in [0, 0.05) is 12.2 Å². The molecule has 1 amide bonds. The lowest BCUT2D eigenvalue weighted by Gasteiger charge is -2.38. The van der Waals surface area contributed by atoms with Crippen LogP contribution in [0.2, 0.25) is 0 Å². The minimum absolute atomic E-state index is 0.0590. The molecule has 1 aliphatic carbocycles. The first-order valence-corrected chi connectivity index (χ1v) is 8.55. The summed E-state index contributed by atoms with van der Waals surface area (Å²) in [5.41, 5.74) is 0.888. The summed E-state index contributed by atoms with van der Waals surface area (Å²) < 4.78 is 11.3. The van der Waals surface area contributed by atoms with Crippen LogP contribution in [-0.4, -0.2) is 29.7 Å². The van der Waals surface area contributed by atoms with E-state index < -0.39 is 5.60 Å². The van der Waals surface area contributed by atoms with Crippen molar-refractivity contribution in [3.05, 3.63) is 17.8 Å². The lowest BCUT2D eigenvalue weighted by molar-refractivity contribution is -0.147. The van der Waals surface area contributed by atoms with Crippen molar-refractivity contribution in [2.75, 3.05) is 18.5 Å². The van der Waals surface area contributed by atoms with Crippen LogP contribution in [0.1, 0.15) is 52.0 Å². The fraction of sp³-hybridized carbons (Fsp3) is 0.667. The highest BCUT2D eigenvalue weighted by Gasteiger charge is 2.42. The van der Waals surface area contributed by atoms with Crippen LogP contribution < -0.4 is 10.1 Å². The molecule has 1 fully saturated rings. The van der Waals surface area contributed by atoms with Crippen molar-refractivity contribution in [3.63, 3.8) is 0 Å². The zero-order chi connectivity index (χ0) is 16.9. The van der Waals surface area contributed by atoms with Gasteiger partial charge in [0.15, 0.2) is 0 Å². The molecule has 0 radical (unpaired) electrons. The minimum Gasteiger partial charge on any atom is -0.478 e. The first-order chi connectivity index (χ1) is 11.0. The van der Waals surface area contributed by atoms with Crippen LogP contribution in [0.4, 0.5) is 5.69 Å². The molecule has 2 rings (SSSR count). The molecular formula is C18H28N2O3. The van der Waals surface area contributed by atoms with E-state index in [1.165, 1.54) is 0 Å². The van der Waals surface area contributed by atoms with Crippen LogP contribution in [0, 0.1) is 12.8 Å². The number of nitrogens with zero attached hydrogens (tertiary/aromatic N) is 1. The van der Waals surface area contributed by atoms with Gasteiger partial charge in [-0.15, -0.1) is 0 Å². The second-order valence-electron chi connectivity index (χ2n) is 6.36. The second-order valence-corrected chi connectivity index (χ2v) is 6.36. The molecule has 1 N–H and O–H groups in total. The van der Waals surface area contributed by atoms with Gasteiger partial charge in [-0.25, -0.2) is 4.98 Å². The van der Waals surface area contributed by atoms with E-state index in [-0.39, 0.29) is 5.91 Å². The quantitative estimate of drug-likeness (QED) is 0.868. The Morgan fingerprint density at radius 3 is 2.83 bits per heavy atom. The molecule has 128 valence electrons. The van der Waals surface area contributed by atoms with Gasteiger partial charge in [0.2, 0.25) is 5.88 Å². The third kappa shape index (κ3) is 4.22. The number of carbonyl (C=O) groups is 1. The maximum atomic E-state index is 12.9. The maximum Gasteiger partial charge on any atom is 0.256 e. The Balaban J connectivity index is 2.13. The Hall–Kier alpha value is -1.62. The summed E-state index contributed by atoms with van der Waals surface area (Å²) in [5, 5.41) is 2.99. The second kappa shape index (κ2) is 7.77. The van der Waals surface area contributed by atoms with Crippen molar-refractivity contribution >= 4 is 11.6 Å². The summed E-state index contributed by atoms with van der Waals surface area (Å²) in [6.07, 6.45) is 5.37. The summed E-state index contributed by atoms with van der Waals surface area (Å²) in [7, 11) is 0. The van der Waals surface area contributed by atoms with E-state index in [1.807, 2.05) is 26.8 Å². The van der Waals surface area contributed by atoms with Gasteiger partial charge in [-0.3, -0.25) is 4.79 Å². The van der Waals surface area contributed by atoms with Gasteiger partial charge in [0.05, 0.1) is 18.5 Å². The number of hydrogen-bond donors (Lipinski definition) is 1. The van der Waals surface area contributed by atoms with E-state index >= 15 is 0 Å². The Labute approximate surface area is 138 Å². The molecular weight excluding hydrogens is 292 g/mol. The number of carbonyl (C=O) groups excluding carboxylic acids is 1. The topological polar surface area (TPSA) is 60.5 Å². The molecule has 1 heterocycles. The fourth-order valence-corrected chi connectivity index (χ4v) is 3.35. The molecule has 5 heteroatoms. The van der Waals surface area contributed by atoms with Crippen molar-refractivity contribution < 1.29 is 14.3 Å². The van der Waals surface area contributed by atoms with Crippen LogP contribution in [-0.2, 0) is 9.53 Å². The van der Waals surface area contributed by atoms with Crippen LogP contribution >= 0.6 is 0 Å². The number of aromatic nitrogens is 1. The van der Waals surface area contributed by atoms with Crippen LogP contribution in [0.3, 0.4) is 0 Å². The smallest absolute Gasteiger partial charge is 0.256 e. The number of ether oxygens (including phenoxy) is 2. The summed E-state index contributed by atoms with van der Waals surface area (Å²) in [6.45, 7) is 9.09. The average Bonchev–Trinajstić information content (AvgIpc) is 2.50. The Morgan fingerprint density at radius 2 is 2.22 bits per heavy atom. The Bertz CT molecular complexity index is 543. The van der Waals surface area contributed by atoms with Crippen molar-refractivity contribution in [2.45, 2.75) is 59.0 Å². The minimum atomic E-state index is -0.709. The van der Waals surface area contributed by atoms with Crippen LogP contribution in [0.15, 0.2) is 12.3 Å². The fourth-order valence-electron chi connectivity index (χ4n) is 3.35. The van der Waals surface area contributed by atoms with Crippen LogP contribution in [0.25, 0.3) is 0 Å². The number of nitrogens with one attached hydrogen (secondary N) is 1. The number of amides is 1. The van der Waals surface area contributed by atoms with E-state index in [4.69, 9.17) is 9.47 Å². The normalized spacial score (nSPS) is 24.3. The van der Waals surface area contributed by atoms with E-state index in [0.29, 0.717) is 30.7 Å². The summed E-state index contributed by atoms with van der Waals surface area (Å²) in [6, 6.07) is 1.89. The molecule has 0 aromatic carbocycles. The van der Waals surface area contributed by atoms with Gasteiger partial charge in [-0.1, -0.05) is 13.3 Å². The zero-order valence-corrected chi connectivity index (χ0v) is 14.6. The molecule has 1 aliphatic rings. The number of anilines is 1. The summed E-state index contributed by atoms with van der Waals surface area (Å²) in [4.78, 5) is 17.1. The van der Waals surface area contributed by atoms with Crippen LogP contribution in [0.5, 0.6) is 5.88 Å². The van der Waals surface area contributed by atoms with Crippen molar-refractivity contribution in [2.24, 2.45) is 5.92 Å². The van der Waals surface area contributed by atoms with Gasteiger partial charge in [0.25, 0.3) is 5.91 Å². The number of rotatable bonds is 6. The predicted octanol–water partition coefficient (Wildman–Crippen LogP) is 3.71. The van der Waals surface area contributed by atoms with Crippen molar-refractivity contribution in [1.29, 1.82) is 0 Å². The summed E-state index contributed by atoms with van der Waals surface area (Å²) >= 11 is 0. The molecule has 0 saturated heterocycles. The monoisotopic (exact) mass is 320 g/mol. The highest BCUT2D eigenvalue weighted by atomic mass is 16.5. The lowest BCUT2D eigenvalue weighted by Crippen LogP contribution is -2.48. The van der Waals surface area contributed by atoms with Crippen molar-refractivity contribution in [3.8, 4) is 5.88 Å². The molecule has 0 spiro atoms. The molecule has 1 aromatic heterocycles. The molecule has 0 aliphatic heterocycles. The molecule has 0 unspecified atom stereocenters. The van der Waals surface area contributed by atoms with E-state index in [2.05, 4.69) is 17.2 Å².